The zero-order chi connectivity index (χ0) is 25.4. The van der Waals surface area contributed by atoms with Crippen LogP contribution in [0.2, 0.25) is 0 Å². The van der Waals surface area contributed by atoms with Gasteiger partial charge in [0.15, 0.2) is 5.03 Å². The highest BCUT2D eigenvalue weighted by atomic mass is 32.2. The molecule has 1 amide bonds. The summed E-state index contributed by atoms with van der Waals surface area (Å²) in [7, 11) is -2.39. The van der Waals surface area contributed by atoms with E-state index in [0.29, 0.717) is 5.56 Å². The number of carbonyl (C=O) groups is 1. The Morgan fingerprint density at radius 1 is 1.14 bits per heavy atom. The summed E-state index contributed by atoms with van der Waals surface area (Å²) in [5, 5.41) is 2.39. The minimum Gasteiger partial charge on any atom is -0.350 e. The molecule has 0 aliphatic carbocycles. The van der Waals surface area contributed by atoms with Gasteiger partial charge in [-0.2, -0.15) is 17.5 Å². The fourth-order valence-electron chi connectivity index (χ4n) is 3.99. The van der Waals surface area contributed by atoms with Crippen molar-refractivity contribution in [1.82, 2.24) is 24.2 Å². The van der Waals surface area contributed by atoms with Crippen LogP contribution in [0.3, 0.4) is 0 Å². The van der Waals surface area contributed by atoms with Crippen LogP contribution < -0.4 is 5.32 Å². The first-order chi connectivity index (χ1) is 16.4. The van der Waals surface area contributed by atoms with Crippen molar-refractivity contribution in [2.75, 3.05) is 13.1 Å². The minimum absolute atomic E-state index is 0.00228. The maximum Gasteiger partial charge on any atom is 0.416 e. The zero-order valence-corrected chi connectivity index (χ0v) is 19.2. The number of imidazole rings is 1. The number of alkyl halides is 3. The van der Waals surface area contributed by atoms with Crippen LogP contribution in [0.15, 0.2) is 60.1 Å². The molecule has 2 aromatic heterocycles. The topological polar surface area (TPSA) is 97.2 Å². The maximum atomic E-state index is 13.5. The lowest BCUT2D eigenvalue weighted by Gasteiger charge is -2.18. The van der Waals surface area contributed by atoms with E-state index in [0.717, 1.165) is 22.6 Å². The Bertz CT molecular complexity index is 1330. The molecule has 35 heavy (non-hydrogen) atoms. The number of halogens is 4. The molecule has 2 atom stereocenters. The number of nitrogens with one attached hydrogen (secondary N) is 1. The third-order valence-electron chi connectivity index (χ3n) is 5.79. The van der Waals surface area contributed by atoms with Gasteiger partial charge in [0.05, 0.1) is 30.0 Å². The van der Waals surface area contributed by atoms with Gasteiger partial charge in [-0.3, -0.25) is 9.78 Å². The summed E-state index contributed by atoms with van der Waals surface area (Å²) in [6.45, 7) is -0.504. The van der Waals surface area contributed by atoms with Gasteiger partial charge in [-0.25, -0.2) is 17.8 Å². The van der Waals surface area contributed by atoms with Crippen LogP contribution in [0, 0.1) is 11.7 Å². The number of rotatable bonds is 6. The summed E-state index contributed by atoms with van der Waals surface area (Å²) < 4.78 is 81.2. The van der Waals surface area contributed by atoms with Gasteiger partial charge in [-0.05, 0) is 29.8 Å². The molecule has 8 nitrogen and oxygen atoms in total. The lowest BCUT2D eigenvalue weighted by Crippen LogP contribution is -2.35. The van der Waals surface area contributed by atoms with Gasteiger partial charge in [0.25, 0.3) is 10.0 Å². The van der Waals surface area contributed by atoms with E-state index in [1.54, 1.807) is 7.05 Å². The van der Waals surface area contributed by atoms with Crippen LogP contribution in [0.25, 0.3) is 0 Å². The zero-order valence-electron chi connectivity index (χ0n) is 18.4. The first-order valence-electron chi connectivity index (χ1n) is 10.5. The Morgan fingerprint density at radius 2 is 1.86 bits per heavy atom. The van der Waals surface area contributed by atoms with Crippen LogP contribution in [0.5, 0.6) is 0 Å². The highest BCUT2D eigenvalue weighted by Gasteiger charge is 2.44. The van der Waals surface area contributed by atoms with Crippen molar-refractivity contribution in [2.24, 2.45) is 13.0 Å². The van der Waals surface area contributed by atoms with Crippen LogP contribution in [-0.4, -0.2) is 46.3 Å². The largest absolute Gasteiger partial charge is 0.416 e. The number of sulfonamides is 1. The van der Waals surface area contributed by atoms with Crippen LogP contribution in [0.1, 0.15) is 22.7 Å². The quantitative estimate of drug-likeness (QED) is 0.514. The standard InChI is InChI=1S/C22H21F4N5O3S/c1-30-12-20(29-13-30)35(33,34)31-10-18(14-2-4-16(23)5-3-14)19(11-31)21(32)28-9-17-8-15(6-7-27-17)22(24,25)26/h2-8,12-13,18-19H,9-11H2,1H3,(H,28,32)/t18-,19+/m1/s1. The molecule has 4 rings (SSSR count). The molecule has 1 N–H and O–H groups in total. The van der Waals surface area contributed by atoms with Crippen LogP contribution in [-0.2, 0) is 34.6 Å². The molecule has 186 valence electrons. The molecule has 3 aromatic rings. The predicted molar refractivity (Wildman–Crippen MR) is 116 cm³/mol. The highest BCUT2D eigenvalue weighted by molar-refractivity contribution is 7.89. The molecular weight excluding hydrogens is 490 g/mol. The first kappa shape index (κ1) is 24.8. The van der Waals surface area contributed by atoms with Crippen LogP contribution >= 0.6 is 0 Å². The summed E-state index contributed by atoms with van der Waals surface area (Å²) in [5.74, 6) is -2.52. The molecule has 1 aromatic carbocycles. The van der Waals surface area contributed by atoms with E-state index in [2.05, 4.69) is 15.3 Å². The Kier molecular flexibility index (Phi) is 6.64. The van der Waals surface area contributed by atoms with Gasteiger partial charge in [0, 0.05) is 38.4 Å². The molecule has 0 bridgehead atoms. The van der Waals surface area contributed by atoms with Gasteiger partial charge in [0.1, 0.15) is 5.82 Å². The average Bonchev–Trinajstić information content (AvgIpc) is 3.45. The fourth-order valence-corrected chi connectivity index (χ4v) is 5.45. The second-order valence-corrected chi connectivity index (χ2v) is 10.1. The Hall–Kier alpha value is -3.32. The van der Waals surface area contributed by atoms with E-state index in [1.165, 1.54) is 41.4 Å². The molecule has 13 heteroatoms. The number of benzene rings is 1. The number of hydrogen-bond donors (Lipinski definition) is 1. The van der Waals surface area contributed by atoms with Crippen molar-refractivity contribution in [3.63, 3.8) is 0 Å². The number of pyridine rings is 1. The lowest BCUT2D eigenvalue weighted by atomic mass is 9.88. The van der Waals surface area contributed by atoms with E-state index in [-0.39, 0.29) is 30.4 Å². The van der Waals surface area contributed by atoms with Crippen molar-refractivity contribution in [1.29, 1.82) is 0 Å². The van der Waals surface area contributed by atoms with Gasteiger partial charge in [-0.15, -0.1) is 0 Å². The van der Waals surface area contributed by atoms with E-state index >= 15 is 0 Å². The van der Waals surface area contributed by atoms with E-state index in [1.807, 2.05) is 0 Å². The van der Waals surface area contributed by atoms with Gasteiger partial charge in [0.2, 0.25) is 5.91 Å². The average molecular weight is 512 g/mol. The Balaban J connectivity index is 1.56. The number of aryl methyl sites for hydroxylation is 1. The van der Waals surface area contributed by atoms with Crippen molar-refractivity contribution in [2.45, 2.75) is 23.7 Å². The van der Waals surface area contributed by atoms with Gasteiger partial charge < -0.3 is 9.88 Å². The Morgan fingerprint density at radius 3 is 2.49 bits per heavy atom. The number of hydrogen-bond acceptors (Lipinski definition) is 5. The van der Waals surface area contributed by atoms with E-state index in [4.69, 9.17) is 0 Å². The van der Waals surface area contributed by atoms with Gasteiger partial charge >= 0.3 is 6.18 Å². The molecular formula is C22H21F4N5O3S. The maximum absolute atomic E-state index is 13.5. The predicted octanol–water partition coefficient (Wildman–Crippen LogP) is 2.69. The van der Waals surface area contributed by atoms with Crippen molar-refractivity contribution in [3.05, 3.63) is 77.8 Å². The van der Waals surface area contributed by atoms with Crippen molar-refractivity contribution >= 4 is 15.9 Å². The number of carbonyl (C=O) groups excluding carboxylic acids is 1. The first-order valence-corrected chi connectivity index (χ1v) is 11.9. The molecule has 0 radical (unpaired) electrons. The highest BCUT2D eigenvalue weighted by Crippen LogP contribution is 2.36. The smallest absolute Gasteiger partial charge is 0.350 e. The second-order valence-electron chi connectivity index (χ2n) is 8.22. The summed E-state index contributed by atoms with van der Waals surface area (Å²) in [6.07, 6.45) is -0.870. The monoisotopic (exact) mass is 511 g/mol. The summed E-state index contributed by atoms with van der Waals surface area (Å²) in [5.41, 5.74) is -0.334. The number of nitrogens with zero attached hydrogens (tertiary/aromatic N) is 4. The normalized spacial score (nSPS) is 19.1. The van der Waals surface area contributed by atoms with E-state index in [9.17, 15) is 30.8 Å². The second kappa shape index (κ2) is 9.38. The molecule has 1 aliphatic rings. The molecule has 0 spiro atoms. The SMILES string of the molecule is Cn1cnc(S(=O)(=O)N2C[C@H](C(=O)NCc3cc(C(F)(F)F)ccn3)[C@@H](c3ccc(F)cc3)C2)c1. The summed E-state index contributed by atoms with van der Waals surface area (Å²) in [4.78, 5) is 20.8. The minimum atomic E-state index is -4.55. The van der Waals surface area contributed by atoms with Gasteiger partial charge in [-0.1, -0.05) is 12.1 Å². The molecule has 1 fully saturated rings. The third kappa shape index (κ3) is 5.35. The van der Waals surface area contributed by atoms with Crippen molar-refractivity contribution < 1.29 is 30.8 Å². The number of amides is 1. The molecule has 0 saturated carbocycles. The summed E-state index contributed by atoms with van der Waals surface area (Å²) >= 11 is 0. The third-order valence-corrected chi connectivity index (χ3v) is 7.51. The molecule has 0 unspecified atom stereocenters. The van der Waals surface area contributed by atoms with Crippen LogP contribution in [0.4, 0.5) is 17.6 Å². The van der Waals surface area contributed by atoms with E-state index < -0.39 is 45.3 Å². The number of aromatic nitrogens is 3. The van der Waals surface area contributed by atoms with Crippen molar-refractivity contribution in [3.8, 4) is 0 Å². The molecule has 1 saturated heterocycles. The lowest BCUT2D eigenvalue weighted by molar-refractivity contribution is -0.137. The fraction of sp³-hybridized carbons (Fsp3) is 0.318. The molecule has 3 heterocycles. The summed E-state index contributed by atoms with van der Waals surface area (Å²) in [6, 6.07) is 7.05. The molecule has 1 aliphatic heterocycles. The Labute approximate surface area is 198 Å².